The molecular formula is C25H35NO5S. The zero-order chi connectivity index (χ0) is 23.7. The van der Waals surface area contributed by atoms with Crippen molar-refractivity contribution in [1.82, 2.24) is 4.31 Å². The minimum absolute atomic E-state index is 0.140. The normalized spacial score (nSPS) is 13.7. The summed E-state index contributed by atoms with van der Waals surface area (Å²) in [5.74, 6) is 1.31. The van der Waals surface area contributed by atoms with Crippen molar-refractivity contribution in [2.45, 2.75) is 44.7 Å². The maximum Gasteiger partial charge on any atom is 0.220 e. The Bertz CT molecular complexity index is 890. The fraction of sp³-hybridized carbons (Fsp3) is 0.440. The van der Waals surface area contributed by atoms with Gasteiger partial charge in [-0.25, -0.2) is 8.42 Å². The Morgan fingerprint density at radius 2 is 1.31 bits per heavy atom. The second kappa shape index (κ2) is 12.0. The number of rotatable bonds is 13. The zero-order valence-electron chi connectivity index (χ0n) is 19.7. The quantitative estimate of drug-likeness (QED) is 0.406. The highest BCUT2D eigenvalue weighted by Crippen LogP contribution is 2.28. The Morgan fingerprint density at radius 1 is 0.875 bits per heavy atom. The van der Waals surface area contributed by atoms with E-state index in [1.165, 1.54) is 4.31 Å². The fourth-order valence-corrected chi connectivity index (χ4v) is 6.07. The van der Waals surface area contributed by atoms with Crippen molar-refractivity contribution in [2.24, 2.45) is 5.92 Å². The largest absolute Gasteiger partial charge is 0.497 e. The molecule has 176 valence electrons. The van der Waals surface area contributed by atoms with Crippen LogP contribution in [0.4, 0.5) is 0 Å². The molecule has 0 saturated carbocycles. The molecule has 0 aromatic heterocycles. The van der Waals surface area contributed by atoms with Gasteiger partial charge in [0.05, 0.1) is 20.3 Å². The predicted molar refractivity (Wildman–Crippen MR) is 128 cm³/mol. The lowest BCUT2D eigenvalue weighted by Crippen LogP contribution is -2.47. The number of nitrogens with zero attached hydrogens (tertiary/aromatic N) is 1. The summed E-state index contributed by atoms with van der Waals surface area (Å²) in [7, 11) is 1.03. The molecular weight excluding hydrogens is 426 g/mol. The molecule has 2 aromatic rings. The van der Waals surface area contributed by atoms with Crippen molar-refractivity contribution in [1.29, 1.82) is 0 Å². The van der Waals surface area contributed by atoms with E-state index in [1.54, 1.807) is 27.4 Å². The second-order valence-corrected chi connectivity index (χ2v) is 10.1. The molecule has 6 nitrogen and oxygen atoms in total. The molecule has 0 amide bonds. The minimum atomic E-state index is -3.73. The zero-order valence-corrected chi connectivity index (χ0v) is 20.5. The highest BCUT2D eigenvalue weighted by Gasteiger charge is 2.39. The molecule has 32 heavy (non-hydrogen) atoms. The number of methoxy groups -OCH3 is 3. The molecule has 0 aliphatic rings. The Balaban J connectivity index is 2.45. The second-order valence-electron chi connectivity index (χ2n) is 8.02. The number of ether oxygens (including phenoxy) is 3. The standard InChI is InChI=1S/C25H35NO5S/c1-7-8-24(31-6)25(19(2)3)32(27,28)26(17-20-9-13-22(29-4)14-10-20)18-21-11-15-23(30-5)16-12-21/h7,9-16,19,24-25H,1,8,17-18H2,2-6H3/t24-,25+/m1/s1. The van der Waals surface area contributed by atoms with Gasteiger partial charge in [-0.15, -0.1) is 6.58 Å². The van der Waals surface area contributed by atoms with Gasteiger partial charge in [-0.05, 0) is 47.7 Å². The minimum Gasteiger partial charge on any atom is -0.497 e. The molecule has 0 fully saturated rings. The molecule has 0 aliphatic heterocycles. The lowest BCUT2D eigenvalue weighted by atomic mass is 10.0. The van der Waals surface area contributed by atoms with Gasteiger partial charge in [-0.1, -0.05) is 44.2 Å². The van der Waals surface area contributed by atoms with E-state index in [4.69, 9.17) is 14.2 Å². The van der Waals surface area contributed by atoms with Gasteiger partial charge in [0.1, 0.15) is 16.7 Å². The van der Waals surface area contributed by atoms with Crippen LogP contribution >= 0.6 is 0 Å². The summed E-state index contributed by atoms with van der Waals surface area (Å²) >= 11 is 0. The van der Waals surface area contributed by atoms with Crippen LogP contribution in [0.1, 0.15) is 31.4 Å². The molecule has 2 aromatic carbocycles. The van der Waals surface area contributed by atoms with Crippen molar-refractivity contribution in [3.63, 3.8) is 0 Å². The molecule has 2 atom stereocenters. The van der Waals surface area contributed by atoms with Gasteiger partial charge in [0, 0.05) is 20.2 Å². The maximum absolute atomic E-state index is 14.0. The molecule has 0 radical (unpaired) electrons. The van der Waals surface area contributed by atoms with Crippen LogP contribution in [-0.2, 0) is 27.8 Å². The average Bonchev–Trinajstić information content (AvgIpc) is 2.78. The van der Waals surface area contributed by atoms with Crippen molar-refractivity contribution >= 4 is 10.0 Å². The van der Waals surface area contributed by atoms with E-state index < -0.39 is 21.4 Å². The molecule has 0 unspecified atom stereocenters. The first-order chi connectivity index (χ1) is 15.3. The van der Waals surface area contributed by atoms with Crippen molar-refractivity contribution in [3.05, 3.63) is 72.3 Å². The summed E-state index contributed by atoms with van der Waals surface area (Å²) in [5, 5.41) is -0.706. The summed E-state index contributed by atoms with van der Waals surface area (Å²) in [6.45, 7) is 8.08. The third-order valence-corrected chi connectivity index (χ3v) is 7.98. The van der Waals surface area contributed by atoms with Gasteiger partial charge in [-0.2, -0.15) is 4.31 Å². The van der Waals surface area contributed by atoms with Gasteiger partial charge < -0.3 is 14.2 Å². The summed E-state index contributed by atoms with van der Waals surface area (Å²) in [4.78, 5) is 0. The molecule has 0 spiro atoms. The van der Waals surface area contributed by atoms with E-state index in [-0.39, 0.29) is 19.0 Å². The average molecular weight is 462 g/mol. The molecule has 7 heteroatoms. The van der Waals surface area contributed by atoms with Gasteiger partial charge in [-0.3, -0.25) is 0 Å². The van der Waals surface area contributed by atoms with Crippen molar-refractivity contribution in [2.75, 3.05) is 21.3 Å². The maximum atomic E-state index is 14.0. The molecule has 2 rings (SSSR count). The first-order valence-corrected chi connectivity index (χ1v) is 12.2. The molecule has 0 bridgehead atoms. The summed E-state index contributed by atoms with van der Waals surface area (Å²) in [5.41, 5.74) is 1.76. The number of benzene rings is 2. The molecule has 0 heterocycles. The third-order valence-electron chi connectivity index (χ3n) is 5.47. The van der Waals surface area contributed by atoms with Gasteiger partial charge >= 0.3 is 0 Å². The van der Waals surface area contributed by atoms with Crippen LogP contribution in [0.3, 0.4) is 0 Å². The van der Waals surface area contributed by atoms with Gasteiger partial charge in [0.2, 0.25) is 10.0 Å². The van der Waals surface area contributed by atoms with Crippen LogP contribution in [0, 0.1) is 5.92 Å². The summed E-state index contributed by atoms with van der Waals surface area (Å²) in [6.07, 6.45) is 1.68. The first kappa shape index (κ1) is 25.9. The van der Waals surface area contributed by atoms with Crippen LogP contribution in [-0.4, -0.2) is 45.4 Å². The van der Waals surface area contributed by atoms with Crippen molar-refractivity contribution in [3.8, 4) is 11.5 Å². The predicted octanol–water partition coefficient (Wildman–Crippen LogP) is 4.65. The first-order valence-electron chi connectivity index (χ1n) is 10.6. The van der Waals surface area contributed by atoms with E-state index in [9.17, 15) is 8.42 Å². The van der Waals surface area contributed by atoms with Gasteiger partial charge in [0.15, 0.2) is 0 Å². The Kier molecular flexibility index (Phi) is 9.75. The molecule has 0 N–H and O–H groups in total. The third kappa shape index (κ3) is 6.58. The number of hydrogen-bond donors (Lipinski definition) is 0. The van der Waals surface area contributed by atoms with E-state index in [2.05, 4.69) is 6.58 Å². The van der Waals surface area contributed by atoms with Crippen LogP contribution in [0.5, 0.6) is 11.5 Å². The van der Waals surface area contributed by atoms with E-state index in [0.717, 1.165) is 22.6 Å². The van der Waals surface area contributed by atoms with E-state index in [0.29, 0.717) is 6.42 Å². The van der Waals surface area contributed by atoms with Crippen molar-refractivity contribution < 1.29 is 22.6 Å². The highest BCUT2D eigenvalue weighted by atomic mass is 32.2. The summed E-state index contributed by atoms with van der Waals surface area (Å²) in [6, 6.07) is 14.9. The monoisotopic (exact) mass is 461 g/mol. The van der Waals surface area contributed by atoms with E-state index >= 15 is 0 Å². The van der Waals surface area contributed by atoms with E-state index in [1.807, 2.05) is 62.4 Å². The highest BCUT2D eigenvalue weighted by molar-refractivity contribution is 7.89. The topological polar surface area (TPSA) is 65.1 Å². The smallest absolute Gasteiger partial charge is 0.220 e. The van der Waals surface area contributed by atoms with Crippen LogP contribution in [0.25, 0.3) is 0 Å². The lowest BCUT2D eigenvalue weighted by Gasteiger charge is -2.34. The molecule has 0 aliphatic carbocycles. The van der Waals surface area contributed by atoms with Crippen LogP contribution in [0.2, 0.25) is 0 Å². The number of hydrogen-bond acceptors (Lipinski definition) is 5. The Morgan fingerprint density at radius 3 is 1.62 bits per heavy atom. The fourth-order valence-electron chi connectivity index (χ4n) is 3.77. The van der Waals surface area contributed by atoms with Gasteiger partial charge in [0.25, 0.3) is 0 Å². The SMILES string of the molecule is C=CC[C@@H](OC)[C@H](C(C)C)S(=O)(=O)N(Cc1ccc(OC)cc1)Cc1ccc(OC)cc1. The summed E-state index contributed by atoms with van der Waals surface area (Å²) < 4.78 is 45.5. The lowest BCUT2D eigenvalue weighted by molar-refractivity contribution is 0.0877. The number of sulfonamides is 1. The van der Waals surface area contributed by atoms with Crippen LogP contribution < -0.4 is 9.47 Å². The Hall–Kier alpha value is -2.35. The molecule has 0 saturated heterocycles. The van der Waals surface area contributed by atoms with Crippen LogP contribution in [0.15, 0.2) is 61.2 Å². The Labute approximate surface area is 192 Å².